The zero-order chi connectivity index (χ0) is 25.7. The topological polar surface area (TPSA) is 65.1 Å². The predicted molar refractivity (Wildman–Crippen MR) is 140 cm³/mol. The Labute approximate surface area is 212 Å². The zero-order valence-electron chi connectivity index (χ0n) is 21.1. The monoisotopic (exact) mass is 485 g/mol. The van der Waals surface area contributed by atoms with Gasteiger partial charge in [-0.25, -0.2) is 0 Å². The summed E-state index contributed by atoms with van der Waals surface area (Å²) >= 11 is 0. The number of methoxy groups -OCH3 is 2. The van der Waals surface area contributed by atoms with Crippen LogP contribution in [0.1, 0.15) is 47.3 Å². The van der Waals surface area contributed by atoms with Gasteiger partial charge < -0.3 is 14.2 Å². The summed E-state index contributed by atoms with van der Waals surface area (Å²) in [6.45, 7) is 5.07. The molecular weight excluding hydrogens is 454 g/mol. The van der Waals surface area contributed by atoms with E-state index in [1.807, 2.05) is 60.7 Å². The highest BCUT2D eigenvalue weighted by Crippen LogP contribution is 2.34. The van der Waals surface area contributed by atoms with Gasteiger partial charge in [0.15, 0.2) is 11.5 Å². The smallest absolute Gasteiger partial charge is 0.261 e. The van der Waals surface area contributed by atoms with Gasteiger partial charge in [0, 0.05) is 11.1 Å². The van der Waals surface area contributed by atoms with Gasteiger partial charge in [0.1, 0.15) is 5.75 Å². The standard InChI is InChI=1S/C30H31NO5/c1-20(2)15-16-36-27-14-11-22(18-28(27)35-4)17-26-24-7-5-6-8-25(24)29(32)31(30(26)33)19-21-9-12-23(34-3)13-10-21/h5-14,17-18,20H,15-16,19H2,1-4H3/b26-17+. The van der Waals surface area contributed by atoms with E-state index in [-0.39, 0.29) is 18.4 Å². The van der Waals surface area contributed by atoms with Gasteiger partial charge in [0.2, 0.25) is 0 Å². The first-order valence-corrected chi connectivity index (χ1v) is 12.0. The Hall–Kier alpha value is -4.06. The molecule has 0 atom stereocenters. The van der Waals surface area contributed by atoms with Crippen molar-refractivity contribution in [2.75, 3.05) is 20.8 Å². The molecule has 1 heterocycles. The Bertz CT molecular complexity index is 1280. The molecule has 0 spiro atoms. The van der Waals surface area contributed by atoms with Gasteiger partial charge in [0.25, 0.3) is 11.8 Å². The quantitative estimate of drug-likeness (QED) is 0.281. The van der Waals surface area contributed by atoms with Gasteiger partial charge in [0.05, 0.1) is 27.4 Å². The molecule has 186 valence electrons. The number of rotatable bonds is 9. The van der Waals surface area contributed by atoms with Crippen LogP contribution < -0.4 is 14.2 Å². The molecule has 0 N–H and O–H groups in total. The predicted octanol–water partition coefficient (Wildman–Crippen LogP) is 5.85. The molecule has 0 fully saturated rings. The fourth-order valence-electron chi connectivity index (χ4n) is 4.06. The van der Waals surface area contributed by atoms with Crippen LogP contribution in [0.4, 0.5) is 0 Å². The molecule has 0 saturated carbocycles. The number of hydrogen-bond donors (Lipinski definition) is 0. The lowest BCUT2D eigenvalue weighted by atomic mass is 9.91. The number of fused-ring (bicyclic) bond motifs is 1. The van der Waals surface area contributed by atoms with Crippen molar-refractivity contribution in [3.63, 3.8) is 0 Å². The second-order valence-electron chi connectivity index (χ2n) is 9.09. The number of ether oxygens (including phenoxy) is 3. The normalized spacial score (nSPS) is 14.2. The van der Waals surface area contributed by atoms with Gasteiger partial charge >= 0.3 is 0 Å². The molecule has 0 aromatic heterocycles. The van der Waals surface area contributed by atoms with Crippen LogP contribution in [0.5, 0.6) is 17.2 Å². The van der Waals surface area contributed by atoms with Crippen LogP contribution in [0.3, 0.4) is 0 Å². The minimum Gasteiger partial charge on any atom is -0.497 e. The van der Waals surface area contributed by atoms with Gasteiger partial charge in [-0.2, -0.15) is 0 Å². The van der Waals surface area contributed by atoms with E-state index in [9.17, 15) is 9.59 Å². The molecule has 0 aliphatic carbocycles. The summed E-state index contributed by atoms with van der Waals surface area (Å²) in [5.74, 6) is 1.86. The number of nitrogens with zero attached hydrogens (tertiary/aromatic N) is 1. The lowest BCUT2D eigenvalue weighted by Crippen LogP contribution is -2.41. The molecular formula is C30H31NO5. The number of carbonyl (C=O) groups is 2. The van der Waals surface area contributed by atoms with E-state index in [0.29, 0.717) is 46.5 Å². The molecule has 6 heteroatoms. The number of imide groups is 1. The molecule has 0 radical (unpaired) electrons. The third kappa shape index (κ3) is 5.43. The molecule has 6 nitrogen and oxygen atoms in total. The van der Waals surface area contributed by atoms with E-state index in [2.05, 4.69) is 13.8 Å². The Morgan fingerprint density at radius 1 is 0.833 bits per heavy atom. The fourth-order valence-corrected chi connectivity index (χ4v) is 4.06. The van der Waals surface area contributed by atoms with Crippen molar-refractivity contribution in [2.24, 2.45) is 5.92 Å². The Morgan fingerprint density at radius 3 is 2.22 bits per heavy atom. The molecule has 1 aliphatic heterocycles. The van der Waals surface area contributed by atoms with Gasteiger partial charge in [-0.3, -0.25) is 14.5 Å². The number of amides is 2. The largest absolute Gasteiger partial charge is 0.497 e. The number of hydrogen-bond acceptors (Lipinski definition) is 5. The van der Waals surface area contributed by atoms with Crippen molar-refractivity contribution in [3.8, 4) is 17.2 Å². The highest BCUT2D eigenvalue weighted by atomic mass is 16.5. The second kappa shape index (κ2) is 11.1. The van der Waals surface area contributed by atoms with Crippen molar-refractivity contribution in [1.82, 2.24) is 4.90 Å². The number of benzene rings is 3. The fraction of sp³-hybridized carbons (Fsp3) is 0.267. The maximum absolute atomic E-state index is 13.6. The van der Waals surface area contributed by atoms with E-state index in [1.54, 1.807) is 26.4 Å². The first kappa shape index (κ1) is 25.0. The van der Waals surface area contributed by atoms with E-state index >= 15 is 0 Å². The first-order chi connectivity index (χ1) is 17.4. The first-order valence-electron chi connectivity index (χ1n) is 12.0. The Balaban J connectivity index is 1.67. The maximum atomic E-state index is 13.6. The summed E-state index contributed by atoms with van der Waals surface area (Å²) in [6.07, 6.45) is 2.74. The van der Waals surface area contributed by atoms with Gasteiger partial charge in [-0.1, -0.05) is 50.2 Å². The zero-order valence-corrected chi connectivity index (χ0v) is 21.1. The molecule has 0 bridgehead atoms. The van der Waals surface area contributed by atoms with Crippen molar-refractivity contribution >= 4 is 23.5 Å². The van der Waals surface area contributed by atoms with E-state index in [4.69, 9.17) is 14.2 Å². The molecule has 2 amide bonds. The van der Waals surface area contributed by atoms with Crippen LogP contribution in [-0.4, -0.2) is 37.5 Å². The van der Waals surface area contributed by atoms with E-state index < -0.39 is 0 Å². The number of carbonyl (C=O) groups excluding carboxylic acids is 2. The van der Waals surface area contributed by atoms with Crippen LogP contribution in [0.2, 0.25) is 0 Å². The summed E-state index contributed by atoms with van der Waals surface area (Å²) in [5, 5.41) is 0. The molecule has 3 aromatic rings. The minimum absolute atomic E-state index is 0.166. The molecule has 0 unspecified atom stereocenters. The summed E-state index contributed by atoms with van der Waals surface area (Å²) in [6, 6.07) is 20.1. The van der Waals surface area contributed by atoms with Crippen molar-refractivity contribution in [2.45, 2.75) is 26.8 Å². The van der Waals surface area contributed by atoms with Gasteiger partial charge in [-0.15, -0.1) is 0 Å². The van der Waals surface area contributed by atoms with Gasteiger partial charge in [-0.05, 0) is 65.4 Å². The second-order valence-corrected chi connectivity index (χ2v) is 9.09. The average molecular weight is 486 g/mol. The van der Waals surface area contributed by atoms with Crippen molar-refractivity contribution in [1.29, 1.82) is 0 Å². The third-order valence-electron chi connectivity index (χ3n) is 6.12. The van der Waals surface area contributed by atoms with E-state index in [1.165, 1.54) is 4.90 Å². The third-order valence-corrected chi connectivity index (χ3v) is 6.12. The maximum Gasteiger partial charge on any atom is 0.261 e. The molecule has 1 aliphatic rings. The highest BCUT2D eigenvalue weighted by Gasteiger charge is 2.34. The summed E-state index contributed by atoms with van der Waals surface area (Å²) < 4.78 is 16.7. The Kier molecular flexibility index (Phi) is 7.74. The summed E-state index contributed by atoms with van der Waals surface area (Å²) in [7, 11) is 3.19. The minimum atomic E-state index is -0.342. The van der Waals surface area contributed by atoms with Crippen molar-refractivity contribution in [3.05, 3.63) is 89.0 Å². The molecule has 36 heavy (non-hydrogen) atoms. The lowest BCUT2D eigenvalue weighted by Gasteiger charge is -2.29. The Morgan fingerprint density at radius 2 is 1.56 bits per heavy atom. The van der Waals surface area contributed by atoms with Crippen LogP contribution in [-0.2, 0) is 11.3 Å². The van der Waals surface area contributed by atoms with Crippen molar-refractivity contribution < 1.29 is 23.8 Å². The van der Waals surface area contributed by atoms with Crippen LogP contribution in [0, 0.1) is 5.92 Å². The van der Waals surface area contributed by atoms with Crippen LogP contribution >= 0.6 is 0 Å². The summed E-state index contributed by atoms with van der Waals surface area (Å²) in [4.78, 5) is 28.2. The lowest BCUT2D eigenvalue weighted by molar-refractivity contribution is -0.123. The molecule has 3 aromatic carbocycles. The summed E-state index contributed by atoms with van der Waals surface area (Å²) in [5.41, 5.74) is 3.18. The van der Waals surface area contributed by atoms with Crippen LogP contribution in [0.25, 0.3) is 11.6 Å². The van der Waals surface area contributed by atoms with Crippen LogP contribution in [0.15, 0.2) is 66.7 Å². The SMILES string of the molecule is COc1ccc(CN2C(=O)/C(=C/c3ccc(OCCC(C)C)c(OC)c3)c3ccccc3C2=O)cc1. The highest BCUT2D eigenvalue weighted by molar-refractivity contribution is 6.33. The van der Waals surface area contributed by atoms with E-state index in [0.717, 1.165) is 17.5 Å². The average Bonchev–Trinajstić information content (AvgIpc) is 2.89. The molecule has 4 rings (SSSR count). The molecule has 0 saturated heterocycles.